The van der Waals surface area contributed by atoms with Crippen molar-refractivity contribution in [2.24, 2.45) is 0 Å². The topological polar surface area (TPSA) is 41.1 Å². The van der Waals surface area contributed by atoms with Gasteiger partial charge < -0.3 is 5.32 Å². The summed E-state index contributed by atoms with van der Waals surface area (Å²) in [4.78, 5) is 11.5. The van der Waals surface area contributed by atoms with E-state index in [2.05, 4.69) is 34.0 Å². The summed E-state index contributed by atoms with van der Waals surface area (Å²) in [6.45, 7) is 9.35. The van der Waals surface area contributed by atoms with E-state index in [1.54, 1.807) is 0 Å². The first-order chi connectivity index (χ1) is 8.19. The molecule has 94 valence electrons. The van der Waals surface area contributed by atoms with Crippen LogP contribution in [0.15, 0.2) is 6.07 Å². The number of hydrogen-bond acceptors (Lipinski definition) is 4. The van der Waals surface area contributed by atoms with Gasteiger partial charge in [-0.25, -0.2) is 9.97 Å². The molecule has 0 bridgehead atoms. The molecule has 1 saturated heterocycles. The van der Waals surface area contributed by atoms with Crippen LogP contribution in [-0.2, 0) is 6.54 Å². The lowest BCUT2D eigenvalue weighted by Crippen LogP contribution is -2.27. The highest BCUT2D eigenvalue weighted by molar-refractivity contribution is 5.35. The lowest BCUT2D eigenvalue weighted by Gasteiger charge is -2.20. The number of likely N-dealkylation sites (tertiary alicyclic amines) is 1. The van der Waals surface area contributed by atoms with Crippen molar-refractivity contribution in [3.05, 3.63) is 17.6 Å². The molecule has 0 radical (unpaired) electrons. The van der Waals surface area contributed by atoms with Crippen LogP contribution in [0.25, 0.3) is 0 Å². The lowest BCUT2D eigenvalue weighted by molar-refractivity contribution is 0.254. The van der Waals surface area contributed by atoms with Gasteiger partial charge in [0.1, 0.15) is 11.6 Å². The zero-order valence-corrected chi connectivity index (χ0v) is 11.0. The second-order valence-corrected chi connectivity index (χ2v) is 4.80. The second-order valence-electron chi connectivity index (χ2n) is 4.80. The zero-order valence-electron chi connectivity index (χ0n) is 11.0. The minimum atomic E-state index is 0.668. The van der Waals surface area contributed by atoms with Crippen LogP contribution in [0.5, 0.6) is 0 Å². The highest BCUT2D eigenvalue weighted by Crippen LogP contribution is 2.18. The molecule has 0 spiro atoms. The zero-order chi connectivity index (χ0) is 12.3. The Bertz CT molecular complexity index is 378. The molecule has 2 rings (SSSR count). The molecule has 2 heterocycles. The van der Waals surface area contributed by atoms with Gasteiger partial charge in [0.05, 0.1) is 6.54 Å². The van der Waals surface area contributed by atoms with E-state index in [9.17, 15) is 0 Å². The predicted molar refractivity (Wildman–Crippen MR) is 70.0 cm³/mol. The summed E-state index contributed by atoms with van der Waals surface area (Å²) in [6.07, 6.45) is 2.60. The second kappa shape index (κ2) is 5.45. The Labute approximate surface area is 103 Å². The third-order valence-electron chi connectivity index (χ3n) is 3.29. The number of rotatable bonds is 4. The fourth-order valence-electron chi connectivity index (χ4n) is 2.38. The van der Waals surface area contributed by atoms with E-state index in [4.69, 9.17) is 0 Å². The maximum absolute atomic E-state index is 4.56. The molecule has 0 amide bonds. The summed E-state index contributed by atoms with van der Waals surface area (Å²) in [6, 6.07) is 2.67. The van der Waals surface area contributed by atoms with Crippen LogP contribution in [0, 0.1) is 6.92 Å². The molecule has 1 unspecified atom stereocenters. The van der Waals surface area contributed by atoms with Gasteiger partial charge in [0, 0.05) is 24.3 Å². The standard InChI is InChI=1S/C13H22N4/c1-4-14-12-8-10(2)15-13(16-12)9-17-7-5-6-11(17)3/h8,11H,4-7,9H2,1-3H3,(H,14,15,16). The normalized spacial score (nSPS) is 20.8. The van der Waals surface area contributed by atoms with Crippen LogP contribution < -0.4 is 5.32 Å². The molecule has 0 saturated carbocycles. The largest absolute Gasteiger partial charge is 0.370 e. The van der Waals surface area contributed by atoms with E-state index in [0.717, 1.165) is 30.4 Å². The van der Waals surface area contributed by atoms with Crippen molar-refractivity contribution in [1.29, 1.82) is 0 Å². The first-order valence-electron chi connectivity index (χ1n) is 6.51. The van der Waals surface area contributed by atoms with Gasteiger partial charge in [-0.05, 0) is 40.2 Å². The van der Waals surface area contributed by atoms with Gasteiger partial charge in [-0.2, -0.15) is 0 Å². The monoisotopic (exact) mass is 234 g/mol. The number of hydrogen-bond donors (Lipinski definition) is 1. The van der Waals surface area contributed by atoms with E-state index in [1.807, 2.05) is 13.0 Å². The maximum Gasteiger partial charge on any atom is 0.144 e. The van der Waals surface area contributed by atoms with Crippen LogP contribution in [0.2, 0.25) is 0 Å². The molecule has 1 aliphatic heterocycles. The molecule has 4 nitrogen and oxygen atoms in total. The summed E-state index contributed by atoms with van der Waals surface area (Å²) in [5.74, 6) is 1.89. The molecule has 1 aromatic heterocycles. The van der Waals surface area contributed by atoms with E-state index < -0.39 is 0 Å². The third kappa shape index (κ3) is 3.16. The van der Waals surface area contributed by atoms with Gasteiger partial charge in [0.15, 0.2) is 0 Å². The van der Waals surface area contributed by atoms with Crippen LogP contribution in [-0.4, -0.2) is 34.0 Å². The van der Waals surface area contributed by atoms with E-state index in [-0.39, 0.29) is 0 Å². The third-order valence-corrected chi connectivity index (χ3v) is 3.29. The fourth-order valence-corrected chi connectivity index (χ4v) is 2.38. The molecule has 1 fully saturated rings. The van der Waals surface area contributed by atoms with E-state index in [1.165, 1.54) is 19.4 Å². The van der Waals surface area contributed by atoms with Crippen LogP contribution in [0.3, 0.4) is 0 Å². The Kier molecular flexibility index (Phi) is 3.94. The summed E-state index contributed by atoms with van der Waals surface area (Å²) in [7, 11) is 0. The van der Waals surface area contributed by atoms with Gasteiger partial charge >= 0.3 is 0 Å². The van der Waals surface area contributed by atoms with E-state index >= 15 is 0 Å². The number of anilines is 1. The van der Waals surface area contributed by atoms with Gasteiger partial charge in [-0.15, -0.1) is 0 Å². The molecular weight excluding hydrogens is 212 g/mol. The Balaban J connectivity index is 2.09. The minimum Gasteiger partial charge on any atom is -0.370 e. The van der Waals surface area contributed by atoms with Gasteiger partial charge in [0.25, 0.3) is 0 Å². The van der Waals surface area contributed by atoms with Crippen LogP contribution in [0.4, 0.5) is 5.82 Å². The minimum absolute atomic E-state index is 0.668. The van der Waals surface area contributed by atoms with E-state index in [0.29, 0.717) is 6.04 Å². The Hall–Kier alpha value is -1.16. The maximum atomic E-state index is 4.56. The average Bonchev–Trinajstić information content (AvgIpc) is 2.64. The molecular formula is C13H22N4. The smallest absolute Gasteiger partial charge is 0.144 e. The number of nitrogens with zero attached hydrogens (tertiary/aromatic N) is 3. The van der Waals surface area contributed by atoms with Crippen molar-refractivity contribution in [2.75, 3.05) is 18.4 Å². The highest BCUT2D eigenvalue weighted by Gasteiger charge is 2.21. The first kappa shape index (κ1) is 12.3. The Morgan fingerprint density at radius 2 is 2.29 bits per heavy atom. The SMILES string of the molecule is CCNc1cc(C)nc(CN2CCCC2C)n1. The quantitative estimate of drug-likeness (QED) is 0.867. The Morgan fingerprint density at radius 3 is 2.94 bits per heavy atom. The number of aromatic nitrogens is 2. The fraction of sp³-hybridized carbons (Fsp3) is 0.692. The molecule has 1 atom stereocenters. The average molecular weight is 234 g/mol. The molecule has 17 heavy (non-hydrogen) atoms. The van der Waals surface area contributed by atoms with Crippen LogP contribution in [0.1, 0.15) is 38.2 Å². The van der Waals surface area contributed by atoms with Crippen molar-refractivity contribution < 1.29 is 0 Å². The molecule has 0 aliphatic carbocycles. The van der Waals surface area contributed by atoms with Crippen LogP contribution >= 0.6 is 0 Å². The molecule has 4 heteroatoms. The molecule has 1 aliphatic rings. The van der Waals surface area contributed by atoms with Gasteiger partial charge in [-0.1, -0.05) is 0 Å². The van der Waals surface area contributed by atoms with Crippen molar-refractivity contribution in [1.82, 2.24) is 14.9 Å². The van der Waals surface area contributed by atoms with Gasteiger partial charge in [0.2, 0.25) is 0 Å². The summed E-state index contributed by atoms with van der Waals surface area (Å²) in [5.41, 5.74) is 1.04. The predicted octanol–water partition coefficient (Wildman–Crippen LogP) is 2.20. The van der Waals surface area contributed by atoms with Gasteiger partial charge in [-0.3, -0.25) is 4.90 Å². The molecule has 1 aromatic rings. The summed E-state index contributed by atoms with van der Waals surface area (Å²) < 4.78 is 0. The highest BCUT2D eigenvalue weighted by atomic mass is 15.2. The number of aryl methyl sites for hydroxylation is 1. The van der Waals surface area contributed by atoms with Crippen molar-refractivity contribution >= 4 is 5.82 Å². The molecule has 0 aromatic carbocycles. The first-order valence-corrected chi connectivity index (χ1v) is 6.51. The van der Waals surface area contributed by atoms with Crippen molar-refractivity contribution in [3.63, 3.8) is 0 Å². The molecule has 1 N–H and O–H groups in total. The lowest BCUT2D eigenvalue weighted by atomic mass is 10.2. The summed E-state index contributed by atoms with van der Waals surface area (Å²) >= 11 is 0. The number of nitrogens with one attached hydrogen (secondary N) is 1. The summed E-state index contributed by atoms with van der Waals surface area (Å²) in [5, 5.41) is 3.26. The Morgan fingerprint density at radius 1 is 1.47 bits per heavy atom. The van der Waals surface area contributed by atoms with Crippen molar-refractivity contribution in [2.45, 2.75) is 46.2 Å². The van der Waals surface area contributed by atoms with Crippen molar-refractivity contribution in [3.8, 4) is 0 Å².